The fourth-order valence-corrected chi connectivity index (χ4v) is 2.49. The number of carbonyl (C=O) groups is 1. The zero-order chi connectivity index (χ0) is 15.7. The summed E-state index contributed by atoms with van der Waals surface area (Å²) in [6.07, 6.45) is 1.69. The van der Waals surface area contributed by atoms with E-state index in [9.17, 15) is 4.79 Å². The van der Waals surface area contributed by atoms with Crippen LogP contribution in [0.3, 0.4) is 0 Å². The lowest BCUT2D eigenvalue weighted by Gasteiger charge is -2.02. The van der Waals surface area contributed by atoms with Crippen LogP contribution in [-0.4, -0.2) is 11.9 Å². The molecule has 0 spiro atoms. The SMILES string of the molecule is Cc1cc(C2=N/C(=C\c3ccc(Cl)cc3)C(=O)O2)ccc1I. The summed E-state index contributed by atoms with van der Waals surface area (Å²) in [6.45, 7) is 2.01. The van der Waals surface area contributed by atoms with Gasteiger partial charge in [-0.2, -0.15) is 0 Å². The van der Waals surface area contributed by atoms with E-state index in [-0.39, 0.29) is 5.70 Å². The maximum Gasteiger partial charge on any atom is 0.363 e. The molecule has 0 atom stereocenters. The standard InChI is InChI=1S/C17H11ClINO2/c1-10-8-12(4-7-14(10)19)16-20-15(17(21)22-16)9-11-2-5-13(18)6-3-11/h2-9H,1H3/b15-9-. The molecule has 2 aromatic rings. The van der Waals surface area contributed by atoms with Gasteiger partial charge in [-0.3, -0.25) is 0 Å². The third-order valence-electron chi connectivity index (χ3n) is 3.20. The van der Waals surface area contributed by atoms with E-state index in [1.807, 2.05) is 37.3 Å². The molecule has 0 aromatic heterocycles. The van der Waals surface area contributed by atoms with Crippen molar-refractivity contribution in [3.05, 3.63) is 73.4 Å². The Morgan fingerprint density at radius 1 is 1.18 bits per heavy atom. The summed E-state index contributed by atoms with van der Waals surface area (Å²) in [5.41, 5.74) is 3.05. The van der Waals surface area contributed by atoms with E-state index in [4.69, 9.17) is 16.3 Å². The Morgan fingerprint density at radius 2 is 1.91 bits per heavy atom. The molecule has 3 nitrogen and oxygen atoms in total. The van der Waals surface area contributed by atoms with Crippen molar-refractivity contribution in [2.24, 2.45) is 4.99 Å². The highest BCUT2D eigenvalue weighted by molar-refractivity contribution is 14.1. The number of cyclic esters (lactones) is 1. The van der Waals surface area contributed by atoms with E-state index in [2.05, 4.69) is 27.6 Å². The lowest BCUT2D eigenvalue weighted by Crippen LogP contribution is -2.05. The average molecular weight is 424 g/mol. The van der Waals surface area contributed by atoms with E-state index >= 15 is 0 Å². The first-order valence-corrected chi connectivity index (χ1v) is 8.03. The summed E-state index contributed by atoms with van der Waals surface area (Å²) in [6, 6.07) is 13.0. The molecule has 5 heteroatoms. The smallest absolute Gasteiger partial charge is 0.363 e. The summed E-state index contributed by atoms with van der Waals surface area (Å²) in [5, 5.41) is 0.648. The van der Waals surface area contributed by atoms with Crippen molar-refractivity contribution in [3.63, 3.8) is 0 Å². The maximum atomic E-state index is 11.9. The molecule has 0 N–H and O–H groups in total. The fraction of sp³-hybridized carbons (Fsp3) is 0.0588. The molecular weight excluding hydrogens is 413 g/mol. The highest BCUT2D eigenvalue weighted by Gasteiger charge is 2.24. The highest BCUT2D eigenvalue weighted by atomic mass is 127. The number of rotatable bonds is 2. The van der Waals surface area contributed by atoms with Crippen LogP contribution in [0.15, 0.2) is 53.2 Å². The van der Waals surface area contributed by atoms with E-state index < -0.39 is 5.97 Å². The molecule has 2 aromatic carbocycles. The van der Waals surface area contributed by atoms with Crippen LogP contribution in [0.1, 0.15) is 16.7 Å². The molecule has 3 rings (SSSR count). The number of nitrogens with zero attached hydrogens (tertiary/aromatic N) is 1. The third-order valence-corrected chi connectivity index (χ3v) is 4.66. The zero-order valence-electron chi connectivity index (χ0n) is 11.6. The van der Waals surface area contributed by atoms with Crippen molar-refractivity contribution in [1.82, 2.24) is 0 Å². The zero-order valence-corrected chi connectivity index (χ0v) is 14.6. The van der Waals surface area contributed by atoms with Gasteiger partial charge in [0.25, 0.3) is 0 Å². The summed E-state index contributed by atoms with van der Waals surface area (Å²) in [4.78, 5) is 16.2. The Morgan fingerprint density at radius 3 is 2.59 bits per heavy atom. The molecule has 22 heavy (non-hydrogen) atoms. The molecule has 0 unspecified atom stereocenters. The van der Waals surface area contributed by atoms with Crippen LogP contribution in [0.5, 0.6) is 0 Å². The van der Waals surface area contributed by atoms with Gasteiger partial charge >= 0.3 is 5.97 Å². The number of hydrogen-bond donors (Lipinski definition) is 0. The maximum absolute atomic E-state index is 11.9. The van der Waals surface area contributed by atoms with Gasteiger partial charge in [-0.05, 0) is 77.0 Å². The van der Waals surface area contributed by atoms with Crippen LogP contribution < -0.4 is 0 Å². The normalized spacial score (nSPS) is 15.9. The van der Waals surface area contributed by atoms with Crippen molar-refractivity contribution in [2.75, 3.05) is 0 Å². The fourth-order valence-electron chi connectivity index (χ4n) is 2.03. The third kappa shape index (κ3) is 3.23. The number of ether oxygens (including phenoxy) is 1. The Balaban J connectivity index is 1.94. The van der Waals surface area contributed by atoms with Crippen LogP contribution in [0.25, 0.3) is 6.08 Å². The summed E-state index contributed by atoms with van der Waals surface area (Å²) < 4.78 is 6.42. The largest absolute Gasteiger partial charge is 0.402 e. The van der Waals surface area contributed by atoms with Crippen LogP contribution in [0, 0.1) is 10.5 Å². The van der Waals surface area contributed by atoms with Gasteiger partial charge in [-0.1, -0.05) is 23.7 Å². The Kier molecular flexibility index (Phi) is 4.31. The molecule has 1 aliphatic rings. The number of aryl methyl sites for hydroxylation is 1. The lowest BCUT2D eigenvalue weighted by molar-refractivity contribution is -0.129. The Bertz CT molecular complexity index is 810. The second kappa shape index (κ2) is 6.22. The van der Waals surface area contributed by atoms with Crippen LogP contribution in [0.2, 0.25) is 5.02 Å². The van der Waals surface area contributed by atoms with Gasteiger partial charge in [0.1, 0.15) is 0 Å². The van der Waals surface area contributed by atoms with Crippen LogP contribution >= 0.6 is 34.2 Å². The molecule has 0 fully saturated rings. The summed E-state index contributed by atoms with van der Waals surface area (Å²) in [5.74, 6) is -0.106. The number of esters is 1. The van der Waals surface area contributed by atoms with E-state index in [1.54, 1.807) is 18.2 Å². The topological polar surface area (TPSA) is 38.7 Å². The van der Waals surface area contributed by atoms with E-state index in [0.29, 0.717) is 10.9 Å². The summed E-state index contributed by atoms with van der Waals surface area (Å²) >= 11 is 8.11. The van der Waals surface area contributed by atoms with Crippen molar-refractivity contribution in [1.29, 1.82) is 0 Å². The molecule has 0 radical (unpaired) electrons. The minimum absolute atomic E-state index is 0.286. The lowest BCUT2D eigenvalue weighted by atomic mass is 10.1. The van der Waals surface area contributed by atoms with Crippen LogP contribution in [-0.2, 0) is 9.53 Å². The first-order chi connectivity index (χ1) is 10.5. The van der Waals surface area contributed by atoms with Gasteiger partial charge in [-0.25, -0.2) is 9.79 Å². The van der Waals surface area contributed by atoms with E-state index in [1.165, 1.54) is 0 Å². The minimum Gasteiger partial charge on any atom is -0.402 e. The monoisotopic (exact) mass is 423 g/mol. The molecule has 1 aliphatic heterocycles. The Labute approximate surface area is 146 Å². The van der Waals surface area contributed by atoms with Gasteiger partial charge < -0.3 is 4.74 Å². The molecule has 0 saturated carbocycles. The van der Waals surface area contributed by atoms with E-state index in [0.717, 1.165) is 20.3 Å². The molecule has 1 heterocycles. The Hall–Kier alpha value is -1.66. The minimum atomic E-state index is -0.443. The van der Waals surface area contributed by atoms with Crippen molar-refractivity contribution < 1.29 is 9.53 Å². The molecule has 0 bridgehead atoms. The van der Waals surface area contributed by atoms with Gasteiger partial charge in [0, 0.05) is 14.2 Å². The van der Waals surface area contributed by atoms with Crippen molar-refractivity contribution >= 4 is 52.1 Å². The van der Waals surface area contributed by atoms with Gasteiger partial charge in [-0.15, -0.1) is 0 Å². The number of halogens is 2. The first kappa shape index (κ1) is 15.2. The first-order valence-electron chi connectivity index (χ1n) is 6.57. The second-order valence-corrected chi connectivity index (χ2v) is 6.45. The van der Waals surface area contributed by atoms with Crippen molar-refractivity contribution in [2.45, 2.75) is 6.92 Å². The van der Waals surface area contributed by atoms with Crippen LogP contribution in [0.4, 0.5) is 0 Å². The summed E-state index contributed by atoms with van der Waals surface area (Å²) in [7, 11) is 0. The molecule has 0 saturated heterocycles. The molecule has 0 aliphatic carbocycles. The number of hydrogen-bond acceptors (Lipinski definition) is 3. The second-order valence-electron chi connectivity index (χ2n) is 4.85. The quantitative estimate of drug-likeness (QED) is 0.402. The van der Waals surface area contributed by atoms with Gasteiger partial charge in [0.2, 0.25) is 5.90 Å². The molecular formula is C17H11ClINO2. The average Bonchev–Trinajstić information content (AvgIpc) is 2.85. The number of benzene rings is 2. The highest BCUT2D eigenvalue weighted by Crippen LogP contribution is 2.21. The number of aliphatic imine (C=N–C) groups is 1. The van der Waals surface area contributed by atoms with Crippen molar-refractivity contribution in [3.8, 4) is 0 Å². The van der Waals surface area contributed by atoms with Gasteiger partial charge in [0.05, 0.1) is 0 Å². The number of carbonyl (C=O) groups excluding carboxylic acids is 1. The van der Waals surface area contributed by atoms with Gasteiger partial charge in [0.15, 0.2) is 5.70 Å². The predicted molar refractivity (Wildman–Crippen MR) is 96.0 cm³/mol. The molecule has 110 valence electrons. The predicted octanol–water partition coefficient (Wildman–Crippen LogP) is 4.60. The molecule has 0 amide bonds.